The van der Waals surface area contributed by atoms with E-state index in [1.165, 1.54) is 29.1 Å². The molecule has 4 heterocycles. The number of nitrogens with zero attached hydrogens (tertiary/aromatic N) is 5. The van der Waals surface area contributed by atoms with Gasteiger partial charge in [-0.25, -0.2) is 4.98 Å². The molecule has 5 rings (SSSR count). The molecule has 1 aromatic carbocycles. The highest BCUT2D eigenvalue weighted by molar-refractivity contribution is 6.00. The molecule has 4 amide bonds. The summed E-state index contributed by atoms with van der Waals surface area (Å²) in [4.78, 5) is 66.6. The molecule has 0 unspecified atom stereocenters. The van der Waals surface area contributed by atoms with Crippen LogP contribution in [0, 0.1) is 11.9 Å². The number of likely N-dealkylation sites (N-methyl/N-ethyl adjacent to an activating group) is 1. The maximum Gasteiger partial charge on any atom is 0.255 e. The molecule has 2 aliphatic heterocycles. The number of rotatable bonds is 4. The summed E-state index contributed by atoms with van der Waals surface area (Å²) >= 11 is 0. The number of amides is 4. The minimum Gasteiger partial charge on any atom is -0.485 e. The Morgan fingerprint density at radius 1 is 1.00 bits per heavy atom. The molecule has 3 aromatic rings. The first-order valence-corrected chi connectivity index (χ1v) is 18.5. The van der Waals surface area contributed by atoms with Gasteiger partial charge in [0.05, 0.1) is 11.7 Å². The van der Waals surface area contributed by atoms with Crippen LogP contribution in [0.4, 0.5) is 4.39 Å². The van der Waals surface area contributed by atoms with Gasteiger partial charge in [0.25, 0.3) is 5.91 Å². The maximum atomic E-state index is 14.7. The van der Waals surface area contributed by atoms with Crippen molar-refractivity contribution in [3.05, 3.63) is 71.4 Å². The van der Waals surface area contributed by atoms with E-state index in [9.17, 15) is 28.7 Å². The van der Waals surface area contributed by atoms with E-state index in [1.54, 1.807) is 30.3 Å². The summed E-state index contributed by atoms with van der Waals surface area (Å²) in [5.74, 6) is -1.84. The lowest BCUT2D eigenvalue weighted by molar-refractivity contribution is -0.147. The van der Waals surface area contributed by atoms with Gasteiger partial charge in [-0.1, -0.05) is 62.9 Å². The number of aliphatic hydroxyl groups is 1. The predicted octanol–water partition coefficient (Wildman–Crippen LogP) is 3.37. The van der Waals surface area contributed by atoms with Crippen LogP contribution in [0.3, 0.4) is 0 Å². The third-order valence-corrected chi connectivity index (χ3v) is 9.64. The molecule has 14 nitrogen and oxygen atoms in total. The van der Waals surface area contributed by atoms with Crippen LogP contribution in [0.1, 0.15) is 92.9 Å². The van der Waals surface area contributed by atoms with E-state index >= 15 is 0 Å². The quantitative estimate of drug-likeness (QED) is 0.337. The van der Waals surface area contributed by atoms with Gasteiger partial charge < -0.3 is 34.8 Å². The van der Waals surface area contributed by atoms with E-state index in [-0.39, 0.29) is 55.2 Å². The van der Waals surface area contributed by atoms with Gasteiger partial charge in [0.1, 0.15) is 23.9 Å². The van der Waals surface area contributed by atoms with Gasteiger partial charge in [-0.05, 0) is 43.4 Å². The molecule has 0 spiro atoms. The van der Waals surface area contributed by atoms with Crippen molar-refractivity contribution in [3.8, 4) is 5.75 Å². The Morgan fingerprint density at radius 2 is 1.75 bits per heavy atom. The van der Waals surface area contributed by atoms with Crippen LogP contribution >= 0.6 is 0 Å². The van der Waals surface area contributed by atoms with E-state index < -0.39 is 53.8 Å². The first-order valence-electron chi connectivity index (χ1n) is 18.5. The Morgan fingerprint density at radius 3 is 2.53 bits per heavy atom. The Bertz CT molecular complexity index is 1720. The molecule has 0 aliphatic carbocycles. The zero-order valence-corrected chi connectivity index (χ0v) is 30.6. The first kappa shape index (κ1) is 39.3. The highest BCUT2D eigenvalue weighted by Crippen LogP contribution is 2.25. The number of aliphatic hydroxyl groups excluding tert-OH is 1. The Kier molecular flexibility index (Phi) is 13.9. The van der Waals surface area contributed by atoms with Crippen molar-refractivity contribution in [1.82, 2.24) is 35.6 Å². The zero-order chi connectivity index (χ0) is 37.9. The van der Waals surface area contributed by atoms with Crippen molar-refractivity contribution in [2.75, 3.05) is 20.1 Å². The molecule has 2 aromatic heterocycles. The smallest absolute Gasteiger partial charge is 0.255 e. The number of carbonyl (C=O) groups is 4. The Hall–Kier alpha value is -4.92. The third kappa shape index (κ3) is 10.6. The van der Waals surface area contributed by atoms with Gasteiger partial charge in [0, 0.05) is 51.2 Å². The number of aryl methyl sites for hydroxylation is 1. The molecule has 1 saturated heterocycles. The minimum atomic E-state index is -1.13. The lowest BCUT2D eigenvalue weighted by Gasteiger charge is -2.34. The average molecular weight is 736 g/mol. The largest absolute Gasteiger partial charge is 0.485 e. The molecule has 1 fully saturated rings. The van der Waals surface area contributed by atoms with Gasteiger partial charge in [0.15, 0.2) is 6.61 Å². The fraction of sp³-hybridized carbons (Fsp3) is 0.553. The lowest BCUT2D eigenvalue weighted by Crippen LogP contribution is -2.57. The summed E-state index contributed by atoms with van der Waals surface area (Å²) in [6.07, 6.45) is 6.30. The minimum absolute atomic E-state index is 0.0317. The zero-order valence-electron chi connectivity index (χ0n) is 30.6. The van der Waals surface area contributed by atoms with Crippen molar-refractivity contribution in [2.45, 2.75) is 109 Å². The second-order valence-electron chi connectivity index (χ2n) is 14.2. The number of para-hydroxylation sites is 1. The van der Waals surface area contributed by atoms with Gasteiger partial charge >= 0.3 is 0 Å². The van der Waals surface area contributed by atoms with Gasteiger partial charge in [0.2, 0.25) is 35.4 Å². The molecular weight excluding hydrogens is 685 g/mol. The number of benzene rings is 1. The van der Waals surface area contributed by atoms with Crippen molar-refractivity contribution in [3.63, 3.8) is 0 Å². The van der Waals surface area contributed by atoms with Crippen LogP contribution in [-0.4, -0.2) is 98.0 Å². The maximum absolute atomic E-state index is 14.7. The number of pyridine rings is 1. The first-order chi connectivity index (χ1) is 25.5. The van der Waals surface area contributed by atoms with E-state index in [0.717, 1.165) is 32.1 Å². The number of halogens is 1. The number of fused-ring (bicyclic) bond motifs is 4. The predicted molar refractivity (Wildman–Crippen MR) is 191 cm³/mol. The van der Waals surface area contributed by atoms with Gasteiger partial charge in [-0.15, -0.1) is 0 Å². The number of hydrogen-bond acceptors (Lipinski definition) is 10. The molecule has 2 bridgehead atoms. The second kappa shape index (κ2) is 18.7. The molecule has 0 radical (unpaired) electrons. The van der Waals surface area contributed by atoms with Crippen LogP contribution in [0.5, 0.6) is 5.75 Å². The number of ether oxygens (including phenoxy) is 1. The number of nitrogens with one attached hydrogen (secondary N) is 2. The standard InChI is InChI=1S/C38H50FN7O7/c1-24(2)19-28-37(50)46-22-26(47)21-30(46)38(51)45(3)29(20-25-13-12-18-40-34(25)39)36(49)41-17-11-7-5-4-6-8-16-33-43-32(44-53-33)23-52-31-15-10-9-14-27(31)35(48)42-28/h9-10,12-15,18,24,26,28-30,47H,4-8,11,16-17,19-23H2,1-3H3,(H,41,49)(H,42,48)/t26-,28+,29-,30+/m0/s1. The summed E-state index contributed by atoms with van der Waals surface area (Å²) in [6.45, 7) is 4.00. The fourth-order valence-corrected chi connectivity index (χ4v) is 6.81. The molecule has 3 N–H and O–H groups in total. The second-order valence-corrected chi connectivity index (χ2v) is 14.2. The SMILES string of the molecule is CC(C)C[C@H]1NC(=O)c2ccccc2OCc2noc(n2)CCCCCCCCNC(=O)[C@H](Cc2cccnc2F)N(C)C(=O)[C@H]2C[C@H](O)CN2C1=O. The van der Waals surface area contributed by atoms with Crippen LogP contribution in [-0.2, 0) is 33.8 Å². The molecule has 53 heavy (non-hydrogen) atoms. The van der Waals surface area contributed by atoms with Crippen molar-refractivity contribution < 1.29 is 37.9 Å². The van der Waals surface area contributed by atoms with Crippen molar-refractivity contribution in [1.29, 1.82) is 0 Å². The fourth-order valence-electron chi connectivity index (χ4n) is 6.81. The molecule has 2 aliphatic rings. The van der Waals surface area contributed by atoms with Gasteiger partial charge in [-0.3, -0.25) is 19.2 Å². The molecule has 286 valence electrons. The molecular formula is C38H50FN7O7. The highest BCUT2D eigenvalue weighted by atomic mass is 19.1. The van der Waals surface area contributed by atoms with Crippen LogP contribution in [0.15, 0.2) is 47.1 Å². The molecule has 0 saturated carbocycles. The van der Waals surface area contributed by atoms with E-state index in [0.29, 0.717) is 31.1 Å². The van der Waals surface area contributed by atoms with Crippen molar-refractivity contribution in [2.24, 2.45) is 5.92 Å². The Labute approximate surface area is 308 Å². The summed E-state index contributed by atoms with van der Waals surface area (Å²) in [7, 11) is 1.45. The van der Waals surface area contributed by atoms with E-state index in [4.69, 9.17) is 9.26 Å². The van der Waals surface area contributed by atoms with E-state index in [2.05, 4.69) is 25.8 Å². The summed E-state index contributed by atoms with van der Waals surface area (Å²) in [5, 5.41) is 20.5. The number of aromatic nitrogens is 3. The third-order valence-electron chi connectivity index (χ3n) is 9.64. The van der Waals surface area contributed by atoms with Crippen LogP contribution in [0.2, 0.25) is 0 Å². The van der Waals surface area contributed by atoms with E-state index in [1.807, 2.05) is 13.8 Å². The van der Waals surface area contributed by atoms with Gasteiger partial charge in [-0.2, -0.15) is 9.37 Å². The average Bonchev–Trinajstić information content (AvgIpc) is 3.77. The number of hydrogen-bond donors (Lipinski definition) is 3. The summed E-state index contributed by atoms with van der Waals surface area (Å²) in [6, 6.07) is 6.38. The normalized spacial score (nSPS) is 23.2. The molecule has 15 heteroatoms. The lowest BCUT2D eigenvalue weighted by atomic mass is 10.0. The summed E-state index contributed by atoms with van der Waals surface area (Å²) in [5.41, 5.74) is 0.344. The monoisotopic (exact) mass is 735 g/mol. The Balaban J connectivity index is 1.42. The van der Waals surface area contributed by atoms with Crippen LogP contribution in [0.25, 0.3) is 0 Å². The molecule has 4 atom stereocenters. The highest BCUT2D eigenvalue weighted by Gasteiger charge is 2.44. The van der Waals surface area contributed by atoms with Crippen molar-refractivity contribution >= 4 is 23.6 Å². The topological polar surface area (TPSA) is 180 Å². The summed E-state index contributed by atoms with van der Waals surface area (Å²) < 4.78 is 26.1. The van der Waals surface area contributed by atoms with Crippen LogP contribution < -0.4 is 15.4 Å². The number of carbonyl (C=O) groups excluding carboxylic acids is 4.